The van der Waals surface area contributed by atoms with Gasteiger partial charge in [-0.25, -0.2) is 14.1 Å². The fraction of sp³-hybridized carbons (Fsp3) is 0.250. The molecular weight excluding hydrogens is 587 g/mol. The molecule has 5 aromatic rings. The van der Waals surface area contributed by atoms with E-state index >= 15 is 4.39 Å². The molecule has 4 heterocycles. The summed E-state index contributed by atoms with van der Waals surface area (Å²) >= 11 is 6.07. The predicted octanol–water partition coefficient (Wildman–Crippen LogP) is 5.29. The third-order valence-corrected chi connectivity index (χ3v) is 7.73. The summed E-state index contributed by atoms with van der Waals surface area (Å²) in [5.41, 5.74) is 0.952. The number of nitrogens with one attached hydrogen (secondary N) is 1. The van der Waals surface area contributed by atoms with Crippen molar-refractivity contribution in [2.75, 3.05) is 5.32 Å². The maximum Gasteiger partial charge on any atom is 0.333 e. The standard InChI is InChI=1S/C28H23ClF3N9O2/c1-15-4-2-7-21(16-5-3-6-17(10-16)26-20(36-27(15)43)12-35-41(26)28(31)32)39-13-33-19(11-23(39)42)24-22(40-14-34-37-38-40)9-8-18(29)25(24)30/h3,5-6,8-15,21,28H,2,4,7H2,1H3,(H,36,43)/t15-,21+/m1/s1. The van der Waals surface area contributed by atoms with E-state index in [1.807, 2.05) is 0 Å². The third kappa shape index (κ3) is 5.29. The van der Waals surface area contributed by atoms with Crippen molar-refractivity contribution in [1.29, 1.82) is 0 Å². The zero-order valence-corrected chi connectivity index (χ0v) is 23.3. The van der Waals surface area contributed by atoms with Crippen LogP contribution in [0.25, 0.3) is 28.2 Å². The molecule has 1 amide bonds. The number of tetrazole rings is 1. The second kappa shape index (κ2) is 11.4. The first kappa shape index (κ1) is 28.3. The number of carbonyl (C=O) groups excluding carboxylic acids is 1. The number of alkyl halides is 2. The molecule has 43 heavy (non-hydrogen) atoms. The first-order valence-electron chi connectivity index (χ1n) is 13.3. The largest absolute Gasteiger partial charge is 0.333 e. The number of anilines is 1. The van der Waals surface area contributed by atoms with Gasteiger partial charge in [0.05, 0.1) is 51.9 Å². The molecule has 15 heteroatoms. The van der Waals surface area contributed by atoms with Gasteiger partial charge in [0, 0.05) is 17.5 Å². The summed E-state index contributed by atoms with van der Waals surface area (Å²) in [5.74, 6) is -1.56. The van der Waals surface area contributed by atoms with Crippen molar-refractivity contribution in [2.45, 2.75) is 38.8 Å². The second-order valence-electron chi connectivity index (χ2n) is 10.1. The Morgan fingerprint density at radius 1 is 1.09 bits per heavy atom. The van der Waals surface area contributed by atoms with Crippen molar-refractivity contribution in [2.24, 2.45) is 5.92 Å². The number of halogens is 4. The molecule has 0 unspecified atom stereocenters. The molecule has 220 valence electrons. The molecule has 3 aromatic heterocycles. The quantitative estimate of drug-likeness (QED) is 0.294. The summed E-state index contributed by atoms with van der Waals surface area (Å²) in [7, 11) is 0. The van der Waals surface area contributed by atoms with Crippen LogP contribution in [0.3, 0.4) is 0 Å². The molecule has 2 bridgehead atoms. The minimum atomic E-state index is -2.95. The van der Waals surface area contributed by atoms with E-state index in [0.717, 1.165) is 0 Å². The summed E-state index contributed by atoms with van der Waals surface area (Å²) in [5, 5.41) is 17.4. The van der Waals surface area contributed by atoms with E-state index in [0.29, 0.717) is 35.1 Å². The molecule has 0 radical (unpaired) electrons. The van der Waals surface area contributed by atoms with Gasteiger partial charge >= 0.3 is 6.55 Å². The van der Waals surface area contributed by atoms with Crippen LogP contribution in [-0.2, 0) is 4.79 Å². The summed E-state index contributed by atoms with van der Waals surface area (Å²) in [6.45, 7) is -1.20. The minimum absolute atomic E-state index is 0.0180. The lowest BCUT2D eigenvalue weighted by Gasteiger charge is -2.23. The van der Waals surface area contributed by atoms with Crippen LogP contribution >= 0.6 is 11.6 Å². The van der Waals surface area contributed by atoms with Crippen LogP contribution in [0.1, 0.15) is 44.3 Å². The normalized spacial score (nSPS) is 17.2. The van der Waals surface area contributed by atoms with Crippen molar-refractivity contribution in [3.63, 3.8) is 0 Å². The van der Waals surface area contributed by atoms with Crippen molar-refractivity contribution in [3.05, 3.63) is 88.1 Å². The Bertz CT molecular complexity index is 1870. The van der Waals surface area contributed by atoms with E-state index in [9.17, 15) is 18.4 Å². The van der Waals surface area contributed by atoms with Gasteiger partial charge in [0.1, 0.15) is 6.33 Å². The van der Waals surface area contributed by atoms with Gasteiger partial charge < -0.3 is 5.32 Å². The SMILES string of the molecule is C[C@@H]1CCC[C@H](n2cnc(-c3c(-n4cnnn4)ccc(Cl)c3F)cc2=O)c2cccc(c2)-c2c(cnn2C(F)F)NC1=O. The average molecular weight is 610 g/mol. The Kier molecular flexibility index (Phi) is 7.52. The number of rotatable bonds is 4. The highest BCUT2D eigenvalue weighted by molar-refractivity contribution is 6.31. The van der Waals surface area contributed by atoms with Gasteiger partial charge in [0.2, 0.25) is 5.91 Å². The molecule has 11 nitrogen and oxygen atoms in total. The summed E-state index contributed by atoms with van der Waals surface area (Å²) < 4.78 is 46.3. The van der Waals surface area contributed by atoms with Gasteiger partial charge in [-0.15, -0.1) is 5.10 Å². The lowest BCUT2D eigenvalue weighted by Crippen LogP contribution is -2.26. The van der Waals surface area contributed by atoms with Crippen LogP contribution in [0.2, 0.25) is 5.02 Å². The van der Waals surface area contributed by atoms with Crippen molar-refractivity contribution in [1.82, 2.24) is 39.5 Å². The first-order valence-corrected chi connectivity index (χ1v) is 13.7. The van der Waals surface area contributed by atoms with Crippen LogP contribution in [0.5, 0.6) is 0 Å². The Morgan fingerprint density at radius 3 is 2.67 bits per heavy atom. The van der Waals surface area contributed by atoms with Crippen molar-refractivity contribution >= 4 is 23.2 Å². The van der Waals surface area contributed by atoms with Crippen LogP contribution in [0.4, 0.5) is 18.9 Å². The Morgan fingerprint density at radius 2 is 1.93 bits per heavy atom. The summed E-state index contributed by atoms with van der Waals surface area (Å²) in [6, 6.07) is 10.3. The molecule has 0 spiro atoms. The zero-order valence-electron chi connectivity index (χ0n) is 22.5. The van der Waals surface area contributed by atoms with E-state index < -0.39 is 29.9 Å². The topological polar surface area (TPSA) is 125 Å². The molecule has 0 fully saturated rings. The number of nitrogens with zero attached hydrogens (tertiary/aromatic N) is 8. The average Bonchev–Trinajstić information content (AvgIpc) is 3.67. The van der Waals surface area contributed by atoms with Crippen LogP contribution < -0.4 is 10.9 Å². The van der Waals surface area contributed by atoms with Crippen LogP contribution in [0, 0.1) is 11.7 Å². The molecule has 6 rings (SSSR count). The van der Waals surface area contributed by atoms with E-state index in [-0.39, 0.29) is 39.3 Å². The summed E-state index contributed by atoms with van der Waals surface area (Å²) in [4.78, 5) is 30.9. The number of benzene rings is 2. The first-order chi connectivity index (χ1) is 20.7. The molecular formula is C28H23ClF3N9O2. The van der Waals surface area contributed by atoms with Gasteiger partial charge in [-0.3, -0.25) is 14.2 Å². The van der Waals surface area contributed by atoms with Gasteiger partial charge in [-0.1, -0.05) is 43.1 Å². The van der Waals surface area contributed by atoms with E-state index in [2.05, 4.69) is 30.9 Å². The van der Waals surface area contributed by atoms with Crippen LogP contribution in [0.15, 0.2) is 66.1 Å². The van der Waals surface area contributed by atoms with Gasteiger partial charge in [0.15, 0.2) is 5.82 Å². The molecule has 1 aliphatic rings. The number of amides is 1. The number of aromatic nitrogens is 8. The molecule has 1 aliphatic heterocycles. The highest BCUT2D eigenvalue weighted by Gasteiger charge is 2.26. The lowest BCUT2D eigenvalue weighted by molar-refractivity contribution is -0.119. The van der Waals surface area contributed by atoms with E-state index in [4.69, 9.17) is 11.6 Å². The molecule has 0 saturated heterocycles. The number of fused-ring (bicyclic) bond motifs is 4. The highest BCUT2D eigenvalue weighted by atomic mass is 35.5. The van der Waals surface area contributed by atoms with Gasteiger partial charge in [0.25, 0.3) is 5.56 Å². The fourth-order valence-corrected chi connectivity index (χ4v) is 5.44. The molecule has 1 N–H and O–H groups in total. The maximum atomic E-state index is 15.3. The monoisotopic (exact) mass is 609 g/mol. The van der Waals surface area contributed by atoms with Gasteiger partial charge in [-0.2, -0.15) is 18.6 Å². The fourth-order valence-electron chi connectivity index (χ4n) is 5.28. The van der Waals surface area contributed by atoms with E-state index in [1.165, 1.54) is 46.3 Å². The van der Waals surface area contributed by atoms with Gasteiger partial charge in [-0.05, 0) is 47.0 Å². The number of hydrogen-bond donors (Lipinski definition) is 1. The maximum absolute atomic E-state index is 15.3. The minimum Gasteiger partial charge on any atom is -0.323 e. The van der Waals surface area contributed by atoms with Crippen LogP contribution in [-0.4, -0.2) is 45.4 Å². The van der Waals surface area contributed by atoms with E-state index in [1.54, 1.807) is 31.2 Å². The van der Waals surface area contributed by atoms with Crippen molar-refractivity contribution in [3.8, 4) is 28.2 Å². The Balaban J connectivity index is 1.47. The summed E-state index contributed by atoms with van der Waals surface area (Å²) in [6.07, 6.45) is 5.27. The highest BCUT2D eigenvalue weighted by Crippen LogP contribution is 2.36. The molecule has 0 saturated carbocycles. The third-order valence-electron chi connectivity index (χ3n) is 7.44. The van der Waals surface area contributed by atoms with Crippen molar-refractivity contribution < 1.29 is 18.0 Å². The lowest BCUT2D eigenvalue weighted by atomic mass is 9.94. The number of carbonyl (C=O) groups is 1. The zero-order chi connectivity index (χ0) is 30.2. The Hall–Kier alpha value is -4.85. The predicted molar refractivity (Wildman–Crippen MR) is 150 cm³/mol. The molecule has 2 aromatic carbocycles. The smallest absolute Gasteiger partial charge is 0.323 e. The molecule has 2 atom stereocenters. The molecule has 0 aliphatic carbocycles. The Labute approximate surface area is 246 Å². The number of hydrogen-bond acceptors (Lipinski definition) is 7. The second-order valence-corrected chi connectivity index (χ2v) is 10.5.